The second kappa shape index (κ2) is 8.57. The van der Waals surface area contributed by atoms with E-state index in [0.29, 0.717) is 6.54 Å². The van der Waals surface area contributed by atoms with E-state index < -0.39 is 6.10 Å². The van der Waals surface area contributed by atoms with Crippen molar-refractivity contribution in [2.45, 2.75) is 45.1 Å². The number of hydrogen-bond donors (Lipinski definition) is 1. The quantitative estimate of drug-likeness (QED) is 0.424. The van der Waals surface area contributed by atoms with Crippen LogP contribution in [-0.4, -0.2) is 17.8 Å². The minimum absolute atomic E-state index is 0.0233. The van der Waals surface area contributed by atoms with Gasteiger partial charge in [-0.2, -0.15) is 0 Å². The summed E-state index contributed by atoms with van der Waals surface area (Å²) >= 11 is 0. The van der Waals surface area contributed by atoms with E-state index in [2.05, 4.69) is 36.0 Å². The van der Waals surface area contributed by atoms with Crippen LogP contribution in [0.1, 0.15) is 44.6 Å². The van der Waals surface area contributed by atoms with Crippen LogP contribution in [0.15, 0.2) is 35.4 Å². The summed E-state index contributed by atoms with van der Waals surface area (Å²) in [5.74, 6) is 0.156. The van der Waals surface area contributed by atoms with Gasteiger partial charge in [-0.3, -0.25) is 0 Å². The molecule has 104 valence electrons. The Balaban J connectivity index is 2.80. The van der Waals surface area contributed by atoms with Gasteiger partial charge < -0.3 is 5.11 Å². The van der Waals surface area contributed by atoms with Gasteiger partial charge in [-0.05, 0) is 29.4 Å². The van der Waals surface area contributed by atoms with Crippen LogP contribution in [-0.2, 0) is 0 Å². The molecule has 0 saturated carbocycles. The van der Waals surface area contributed by atoms with Crippen LogP contribution in [0.4, 0.5) is 0 Å². The fourth-order valence-electron chi connectivity index (χ4n) is 2.37. The number of azide groups is 1. The Kier molecular flexibility index (Phi) is 7.01. The van der Waals surface area contributed by atoms with Crippen molar-refractivity contribution < 1.29 is 5.11 Å². The molecule has 1 N–H and O–H groups in total. The molecule has 0 bridgehead atoms. The van der Waals surface area contributed by atoms with Crippen molar-refractivity contribution >= 4 is 0 Å². The second-order valence-corrected chi connectivity index (χ2v) is 4.99. The molecule has 19 heavy (non-hydrogen) atoms. The van der Waals surface area contributed by atoms with Gasteiger partial charge in [0.25, 0.3) is 0 Å². The first kappa shape index (κ1) is 15.5. The number of benzene rings is 1. The molecule has 4 nitrogen and oxygen atoms in total. The zero-order valence-electron chi connectivity index (χ0n) is 11.7. The van der Waals surface area contributed by atoms with Crippen molar-refractivity contribution in [1.82, 2.24) is 0 Å². The third-order valence-electron chi connectivity index (χ3n) is 3.67. The van der Waals surface area contributed by atoms with Crippen molar-refractivity contribution in [3.8, 4) is 0 Å². The fraction of sp³-hybridized carbons (Fsp3) is 0.600. The largest absolute Gasteiger partial charge is 0.393 e. The second-order valence-electron chi connectivity index (χ2n) is 4.99. The Bertz CT molecular complexity index is 401. The molecular formula is C15H23N3O. The standard InChI is InChI=1S/C15H23N3O/c1-3-4-10-15(19)14(11-17-18-16)12(2)13-8-6-5-7-9-13/h5-9,12,14-15,19H,3-4,10-11H2,1-2H3/t12-,14+,15-/m1/s1. The van der Waals surface area contributed by atoms with Gasteiger partial charge in [0.1, 0.15) is 0 Å². The number of nitrogens with zero attached hydrogens (tertiary/aromatic N) is 3. The van der Waals surface area contributed by atoms with E-state index in [1.54, 1.807) is 0 Å². The first-order valence-corrected chi connectivity index (χ1v) is 6.94. The maximum Gasteiger partial charge on any atom is 0.0575 e. The molecule has 0 fully saturated rings. The highest BCUT2D eigenvalue weighted by Crippen LogP contribution is 2.29. The molecular weight excluding hydrogens is 238 g/mol. The first-order chi connectivity index (χ1) is 9.20. The minimum atomic E-state index is -0.416. The Labute approximate surface area is 115 Å². The summed E-state index contributed by atoms with van der Waals surface area (Å²) in [5.41, 5.74) is 9.68. The lowest BCUT2D eigenvalue weighted by Crippen LogP contribution is -2.28. The van der Waals surface area contributed by atoms with E-state index in [4.69, 9.17) is 5.53 Å². The molecule has 0 spiro atoms. The zero-order chi connectivity index (χ0) is 14.1. The van der Waals surface area contributed by atoms with Gasteiger partial charge in [0.15, 0.2) is 0 Å². The topological polar surface area (TPSA) is 69.0 Å². The molecule has 0 heterocycles. The summed E-state index contributed by atoms with van der Waals surface area (Å²) < 4.78 is 0. The van der Waals surface area contributed by atoms with Gasteiger partial charge >= 0.3 is 0 Å². The highest BCUT2D eigenvalue weighted by Gasteiger charge is 2.25. The first-order valence-electron chi connectivity index (χ1n) is 6.94. The summed E-state index contributed by atoms with van der Waals surface area (Å²) in [4.78, 5) is 2.83. The molecule has 1 rings (SSSR count). The zero-order valence-corrected chi connectivity index (χ0v) is 11.7. The number of aliphatic hydroxyl groups excluding tert-OH is 1. The van der Waals surface area contributed by atoms with E-state index in [0.717, 1.165) is 19.3 Å². The Morgan fingerprint density at radius 1 is 1.32 bits per heavy atom. The van der Waals surface area contributed by atoms with Crippen LogP contribution in [0.2, 0.25) is 0 Å². The SMILES string of the molecule is CCCC[C@@H](O)[C@@H](CN=[N+]=[N-])[C@H](C)c1ccccc1. The van der Waals surface area contributed by atoms with E-state index in [1.807, 2.05) is 18.2 Å². The Morgan fingerprint density at radius 2 is 2.00 bits per heavy atom. The van der Waals surface area contributed by atoms with Gasteiger partial charge in [-0.15, -0.1) is 0 Å². The summed E-state index contributed by atoms with van der Waals surface area (Å²) in [6, 6.07) is 10.1. The third-order valence-corrected chi connectivity index (χ3v) is 3.67. The third kappa shape index (κ3) is 4.93. The summed E-state index contributed by atoms with van der Waals surface area (Å²) in [6.45, 7) is 4.54. The number of rotatable bonds is 8. The van der Waals surface area contributed by atoms with Crippen LogP contribution in [0.25, 0.3) is 10.4 Å². The molecule has 0 aliphatic carbocycles. The average molecular weight is 261 g/mol. The average Bonchev–Trinajstić information content (AvgIpc) is 2.46. The molecule has 0 saturated heterocycles. The van der Waals surface area contributed by atoms with Crippen molar-refractivity contribution in [2.75, 3.05) is 6.54 Å². The van der Waals surface area contributed by atoms with Crippen molar-refractivity contribution in [3.05, 3.63) is 46.3 Å². The number of hydrogen-bond acceptors (Lipinski definition) is 2. The molecule has 1 aromatic carbocycles. The van der Waals surface area contributed by atoms with Crippen molar-refractivity contribution in [3.63, 3.8) is 0 Å². The van der Waals surface area contributed by atoms with Gasteiger partial charge in [-0.25, -0.2) is 0 Å². The summed E-state index contributed by atoms with van der Waals surface area (Å²) in [7, 11) is 0. The molecule has 3 atom stereocenters. The summed E-state index contributed by atoms with van der Waals surface area (Å²) in [5, 5.41) is 14.0. The Hall–Kier alpha value is -1.51. The Morgan fingerprint density at radius 3 is 2.58 bits per heavy atom. The van der Waals surface area contributed by atoms with E-state index in [-0.39, 0.29) is 11.8 Å². The maximum absolute atomic E-state index is 10.3. The monoisotopic (exact) mass is 261 g/mol. The number of aliphatic hydroxyl groups is 1. The predicted octanol–water partition coefficient (Wildman–Crippen LogP) is 4.27. The lowest BCUT2D eigenvalue weighted by molar-refractivity contribution is 0.0883. The van der Waals surface area contributed by atoms with Gasteiger partial charge in [0.05, 0.1) is 6.10 Å². The predicted molar refractivity (Wildman–Crippen MR) is 77.9 cm³/mol. The molecule has 1 aromatic rings. The molecule has 0 aliphatic heterocycles. The molecule has 0 radical (unpaired) electrons. The minimum Gasteiger partial charge on any atom is -0.393 e. The van der Waals surface area contributed by atoms with Gasteiger partial charge in [0, 0.05) is 11.5 Å². The highest BCUT2D eigenvalue weighted by atomic mass is 16.3. The molecule has 4 heteroatoms. The molecule has 0 aromatic heterocycles. The van der Waals surface area contributed by atoms with Gasteiger partial charge in [-0.1, -0.05) is 62.1 Å². The van der Waals surface area contributed by atoms with Crippen molar-refractivity contribution in [2.24, 2.45) is 11.0 Å². The van der Waals surface area contributed by atoms with Crippen LogP contribution < -0.4 is 0 Å². The van der Waals surface area contributed by atoms with Crippen LogP contribution in [0, 0.1) is 5.92 Å². The molecule has 0 unspecified atom stereocenters. The van der Waals surface area contributed by atoms with Gasteiger partial charge in [0.2, 0.25) is 0 Å². The van der Waals surface area contributed by atoms with Crippen LogP contribution in [0.3, 0.4) is 0 Å². The van der Waals surface area contributed by atoms with E-state index in [1.165, 1.54) is 5.56 Å². The van der Waals surface area contributed by atoms with Crippen LogP contribution in [0.5, 0.6) is 0 Å². The lowest BCUT2D eigenvalue weighted by Gasteiger charge is -2.27. The maximum atomic E-state index is 10.3. The highest BCUT2D eigenvalue weighted by molar-refractivity contribution is 5.20. The summed E-state index contributed by atoms with van der Waals surface area (Å²) in [6.07, 6.45) is 2.40. The van der Waals surface area contributed by atoms with Crippen molar-refractivity contribution in [1.29, 1.82) is 0 Å². The van der Waals surface area contributed by atoms with E-state index >= 15 is 0 Å². The smallest absolute Gasteiger partial charge is 0.0575 e. The van der Waals surface area contributed by atoms with Crippen LogP contribution >= 0.6 is 0 Å². The normalized spacial score (nSPS) is 15.3. The van der Waals surface area contributed by atoms with E-state index in [9.17, 15) is 5.11 Å². The molecule has 0 aliphatic rings. The lowest BCUT2D eigenvalue weighted by atomic mass is 9.82. The fourth-order valence-corrected chi connectivity index (χ4v) is 2.37. The molecule has 0 amide bonds. The number of unbranched alkanes of at least 4 members (excludes halogenated alkanes) is 1.